The lowest BCUT2D eigenvalue weighted by Gasteiger charge is -2.21. The highest BCUT2D eigenvalue weighted by Gasteiger charge is 2.19. The van der Waals surface area contributed by atoms with Crippen molar-refractivity contribution in [3.8, 4) is 5.75 Å². The number of rotatable bonds is 1. The van der Waals surface area contributed by atoms with Gasteiger partial charge >= 0.3 is 0 Å². The van der Waals surface area contributed by atoms with Crippen molar-refractivity contribution in [2.45, 2.75) is 26.4 Å². The third-order valence-corrected chi connectivity index (χ3v) is 1.43. The summed E-state index contributed by atoms with van der Waals surface area (Å²) in [5.74, 6) is -1.94. The highest BCUT2D eigenvalue weighted by molar-refractivity contribution is 5.44. The molecule has 0 spiro atoms. The molecule has 0 radical (unpaired) electrons. The molecule has 0 fully saturated rings. The molecule has 0 aliphatic heterocycles. The van der Waals surface area contributed by atoms with Gasteiger partial charge in [-0.1, -0.05) is 0 Å². The van der Waals surface area contributed by atoms with Gasteiger partial charge in [-0.05, 0) is 20.8 Å². The van der Waals surface area contributed by atoms with Crippen LogP contribution in [0.2, 0.25) is 0 Å². The second-order valence-corrected chi connectivity index (χ2v) is 4.03. The summed E-state index contributed by atoms with van der Waals surface area (Å²) in [5, 5.41) is 0. The number of halogens is 2. The first-order valence-electron chi connectivity index (χ1n) is 4.23. The number of anilines is 1. The molecule has 0 atom stereocenters. The Morgan fingerprint density at radius 2 is 1.57 bits per heavy atom. The van der Waals surface area contributed by atoms with E-state index < -0.39 is 17.2 Å². The van der Waals surface area contributed by atoms with E-state index in [0.29, 0.717) is 0 Å². The van der Waals surface area contributed by atoms with Crippen LogP contribution >= 0.6 is 0 Å². The second-order valence-electron chi connectivity index (χ2n) is 4.03. The van der Waals surface area contributed by atoms with Crippen LogP contribution in [0.15, 0.2) is 12.1 Å². The summed E-state index contributed by atoms with van der Waals surface area (Å²) < 4.78 is 31.5. The highest BCUT2D eigenvalue weighted by Crippen LogP contribution is 2.27. The topological polar surface area (TPSA) is 35.2 Å². The van der Waals surface area contributed by atoms with Gasteiger partial charge in [0, 0.05) is 17.8 Å². The quantitative estimate of drug-likeness (QED) is 0.709. The predicted molar refractivity (Wildman–Crippen MR) is 51.2 cm³/mol. The van der Waals surface area contributed by atoms with E-state index >= 15 is 0 Å². The largest absolute Gasteiger partial charge is 0.482 e. The zero-order valence-corrected chi connectivity index (χ0v) is 8.40. The Labute approximate surface area is 81.7 Å². The molecule has 1 aromatic rings. The van der Waals surface area contributed by atoms with Crippen LogP contribution in [0.5, 0.6) is 5.75 Å². The summed E-state index contributed by atoms with van der Waals surface area (Å²) >= 11 is 0. The zero-order valence-electron chi connectivity index (χ0n) is 8.40. The van der Waals surface area contributed by atoms with Crippen molar-refractivity contribution >= 4 is 5.69 Å². The molecule has 0 saturated carbocycles. The van der Waals surface area contributed by atoms with Crippen LogP contribution in [0, 0.1) is 11.6 Å². The first-order chi connectivity index (χ1) is 6.29. The van der Waals surface area contributed by atoms with E-state index in [1.807, 2.05) is 0 Å². The molecule has 1 aromatic carbocycles. The molecule has 0 aliphatic carbocycles. The molecule has 4 heteroatoms. The Hall–Kier alpha value is -1.32. The van der Waals surface area contributed by atoms with Gasteiger partial charge in [-0.15, -0.1) is 0 Å². The summed E-state index contributed by atoms with van der Waals surface area (Å²) in [6.07, 6.45) is 0. The van der Waals surface area contributed by atoms with Gasteiger partial charge < -0.3 is 10.5 Å². The Morgan fingerprint density at radius 3 is 1.93 bits per heavy atom. The maximum absolute atomic E-state index is 13.2. The SMILES string of the molecule is CC(C)(C)Oc1c(F)cc(N)cc1F. The van der Waals surface area contributed by atoms with Gasteiger partial charge in [0.1, 0.15) is 5.60 Å². The third-order valence-electron chi connectivity index (χ3n) is 1.43. The number of hydrogen-bond acceptors (Lipinski definition) is 2. The lowest BCUT2D eigenvalue weighted by Crippen LogP contribution is -2.24. The lowest BCUT2D eigenvalue weighted by atomic mass is 10.2. The number of nitrogens with two attached hydrogens (primary N) is 1. The first-order valence-corrected chi connectivity index (χ1v) is 4.23. The molecule has 0 heterocycles. The van der Waals surface area contributed by atoms with Crippen LogP contribution in [-0.4, -0.2) is 5.60 Å². The minimum absolute atomic E-state index is 0.0428. The highest BCUT2D eigenvalue weighted by atomic mass is 19.1. The minimum Gasteiger partial charge on any atom is -0.482 e. The van der Waals surface area contributed by atoms with Crippen molar-refractivity contribution in [1.29, 1.82) is 0 Å². The smallest absolute Gasteiger partial charge is 0.191 e. The standard InChI is InChI=1S/C10H13F2NO/c1-10(2,3)14-9-7(11)4-6(13)5-8(9)12/h4-5H,13H2,1-3H3. The van der Waals surface area contributed by atoms with Crippen LogP contribution in [-0.2, 0) is 0 Å². The van der Waals surface area contributed by atoms with Crippen molar-refractivity contribution in [3.63, 3.8) is 0 Å². The Kier molecular flexibility index (Phi) is 2.64. The van der Waals surface area contributed by atoms with Crippen molar-refractivity contribution in [2.24, 2.45) is 0 Å². The monoisotopic (exact) mass is 201 g/mol. The van der Waals surface area contributed by atoms with E-state index in [2.05, 4.69) is 0 Å². The molecule has 0 aromatic heterocycles. The van der Waals surface area contributed by atoms with Gasteiger partial charge in [-0.25, -0.2) is 8.78 Å². The average molecular weight is 201 g/mol. The number of nitrogen functional groups attached to an aromatic ring is 1. The molecule has 2 N–H and O–H groups in total. The molecule has 0 aliphatic rings. The Bertz CT molecular complexity index is 321. The second kappa shape index (κ2) is 3.44. The van der Waals surface area contributed by atoms with Gasteiger partial charge in [0.15, 0.2) is 17.4 Å². The van der Waals surface area contributed by atoms with Crippen LogP contribution in [0.3, 0.4) is 0 Å². The van der Waals surface area contributed by atoms with Crippen LogP contribution in [0.25, 0.3) is 0 Å². The first kappa shape index (κ1) is 10.8. The van der Waals surface area contributed by atoms with Crippen molar-refractivity contribution in [2.75, 3.05) is 5.73 Å². The summed E-state index contributed by atoms with van der Waals surface area (Å²) in [4.78, 5) is 0. The van der Waals surface area contributed by atoms with Gasteiger partial charge in [0.25, 0.3) is 0 Å². The van der Waals surface area contributed by atoms with Gasteiger partial charge in [0.2, 0.25) is 0 Å². The van der Waals surface area contributed by atoms with E-state index in [-0.39, 0.29) is 11.4 Å². The van der Waals surface area contributed by atoms with Crippen LogP contribution < -0.4 is 10.5 Å². The molecule has 1 rings (SSSR count). The van der Waals surface area contributed by atoms with E-state index in [1.54, 1.807) is 20.8 Å². The molecule has 14 heavy (non-hydrogen) atoms. The molecule has 0 bridgehead atoms. The molecular weight excluding hydrogens is 188 g/mol. The maximum Gasteiger partial charge on any atom is 0.191 e. The van der Waals surface area contributed by atoms with Crippen LogP contribution in [0.4, 0.5) is 14.5 Å². The molecular formula is C10H13F2NO. The van der Waals surface area contributed by atoms with E-state index in [4.69, 9.17) is 10.5 Å². The van der Waals surface area contributed by atoms with E-state index in [1.165, 1.54) is 0 Å². The lowest BCUT2D eigenvalue weighted by molar-refractivity contribution is 0.117. The van der Waals surface area contributed by atoms with Crippen molar-refractivity contribution < 1.29 is 13.5 Å². The number of ether oxygens (including phenoxy) is 1. The fraction of sp³-hybridized carbons (Fsp3) is 0.400. The summed E-state index contributed by atoms with van der Waals surface area (Å²) in [6.45, 7) is 5.13. The van der Waals surface area contributed by atoms with E-state index in [0.717, 1.165) is 12.1 Å². The molecule has 0 unspecified atom stereocenters. The van der Waals surface area contributed by atoms with Crippen molar-refractivity contribution in [3.05, 3.63) is 23.8 Å². The van der Waals surface area contributed by atoms with Crippen LogP contribution in [0.1, 0.15) is 20.8 Å². The fourth-order valence-electron chi connectivity index (χ4n) is 0.983. The fourth-order valence-corrected chi connectivity index (χ4v) is 0.983. The molecule has 0 amide bonds. The third kappa shape index (κ3) is 2.58. The summed E-state index contributed by atoms with van der Waals surface area (Å²) in [7, 11) is 0. The van der Waals surface area contributed by atoms with E-state index in [9.17, 15) is 8.78 Å². The minimum atomic E-state index is -0.780. The normalized spacial score (nSPS) is 11.5. The zero-order chi connectivity index (χ0) is 10.9. The number of hydrogen-bond donors (Lipinski definition) is 1. The van der Waals surface area contributed by atoms with Crippen molar-refractivity contribution in [1.82, 2.24) is 0 Å². The summed E-state index contributed by atoms with van der Waals surface area (Å²) in [6, 6.07) is 2.06. The Balaban J connectivity index is 3.09. The molecule has 78 valence electrons. The van der Waals surface area contributed by atoms with Gasteiger partial charge in [-0.3, -0.25) is 0 Å². The summed E-state index contributed by atoms with van der Waals surface area (Å²) in [5.41, 5.74) is 4.66. The number of benzene rings is 1. The maximum atomic E-state index is 13.2. The van der Waals surface area contributed by atoms with Gasteiger partial charge in [0.05, 0.1) is 0 Å². The predicted octanol–water partition coefficient (Wildman–Crippen LogP) is 2.72. The average Bonchev–Trinajstić information content (AvgIpc) is 1.95. The molecule has 0 saturated heterocycles. The van der Waals surface area contributed by atoms with Gasteiger partial charge in [-0.2, -0.15) is 0 Å². The Morgan fingerprint density at radius 1 is 1.14 bits per heavy atom. The molecule has 2 nitrogen and oxygen atoms in total.